The summed E-state index contributed by atoms with van der Waals surface area (Å²) in [6.45, 7) is 2.10. The molecule has 1 saturated heterocycles. The summed E-state index contributed by atoms with van der Waals surface area (Å²) < 4.78 is 0. The SMILES string of the molecule is C[C@@]1(CCc2ccccc2)NC(=O)N(Cc2cccc3ccccc23)C1=O. The minimum Gasteiger partial charge on any atom is -0.323 e. The van der Waals surface area contributed by atoms with Gasteiger partial charge in [-0.3, -0.25) is 9.69 Å². The molecular formula is C23H22N2O2. The van der Waals surface area contributed by atoms with Gasteiger partial charge in [-0.15, -0.1) is 0 Å². The number of urea groups is 1. The van der Waals surface area contributed by atoms with Crippen LogP contribution in [0.1, 0.15) is 24.5 Å². The van der Waals surface area contributed by atoms with Gasteiger partial charge in [0.05, 0.1) is 6.54 Å². The molecule has 0 unspecified atom stereocenters. The molecule has 1 atom stereocenters. The van der Waals surface area contributed by atoms with Crippen molar-refractivity contribution < 1.29 is 9.59 Å². The summed E-state index contributed by atoms with van der Waals surface area (Å²) in [7, 11) is 0. The molecular weight excluding hydrogens is 336 g/mol. The van der Waals surface area contributed by atoms with Crippen molar-refractivity contribution in [2.45, 2.75) is 31.8 Å². The summed E-state index contributed by atoms with van der Waals surface area (Å²) in [5.41, 5.74) is 1.27. The first-order valence-corrected chi connectivity index (χ1v) is 9.21. The third-order valence-electron chi connectivity index (χ3n) is 5.31. The monoisotopic (exact) mass is 358 g/mol. The first-order valence-electron chi connectivity index (χ1n) is 9.21. The molecule has 136 valence electrons. The molecule has 0 aromatic heterocycles. The molecule has 3 aromatic rings. The number of carbonyl (C=O) groups is 2. The van der Waals surface area contributed by atoms with E-state index in [1.807, 2.05) is 79.7 Å². The Morgan fingerprint density at radius 2 is 1.59 bits per heavy atom. The van der Waals surface area contributed by atoms with E-state index in [2.05, 4.69) is 5.32 Å². The lowest BCUT2D eigenvalue weighted by atomic mass is 9.93. The fourth-order valence-electron chi connectivity index (χ4n) is 3.70. The van der Waals surface area contributed by atoms with Gasteiger partial charge in [-0.1, -0.05) is 72.8 Å². The third kappa shape index (κ3) is 3.31. The molecule has 0 bridgehead atoms. The molecule has 1 aliphatic heterocycles. The number of nitrogens with zero attached hydrogens (tertiary/aromatic N) is 1. The fourth-order valence-corrected chi connectivity index (χ4v) is 3.70. The third-order valence-corrected chi connectivity index (χ3v) is 5.31. The van der Waals surface area contributed by atoms with Gasteiger partial charge in [0.15, 0.2) is 0 Å². The molecule has 3 aromatic carbocycles. The van der Waals surface area contributed by atoms with Crippen molar-refractivity contribution in [1.82, 2.24) is 10.2 Å². The van der Waals surface area contributed by atoms with Gasteiger partial charge in [0.25, 0.3) is 5.91 Å². The first kappa shape index (κ1) is 17.3. The minimum absolute atomic E-state index is 0.156. The minimum atomic E-state index is -0.864. The summed E-state index contributed by atoms with van der Waals surface area (Å²) in [6.07, 6.45) is 1.32. The van der Waals surface area contributed by atoms with Crippen molar-refractivity contribution in [3.05, 3.63) is 83.9 Å². The molecule has 4 nitrogen and oxygen atoms in total. The molecule has 1 fully saturated rings. The van der Waals surface area contributed by atoms with Crippen LogP contribution in [-0.4, -0.2) is 22.4 Å². The van der Waals surface area contributed by atoms with Gasteiger partial charge >= 0.3 is 6.03 Å². The van der Waals surface area contributed by atoms with Gasteiger partial charge in [0, 0.05) is 0 Å². The standard InChI is InChI=1S/C23H22N2O2/c1-23(15-14-17-8-3-2-4-9-17)21(26)25(22(27)24-23)16-19-12-7-11-18-10-5-6-13-20(18)19/h2-13H,14-16H2,1H3,(H,24,27)/t23-/m0/s1. The highest BCUT2D eigenvalue weighted by Gasteiger charge is 2.47. The van der Waals surface area contributed by atoms with E-state index in [1.54, 1.807) is 0 Å². The topological polar surface area (TPSA) is 49.4 Å². The molecule has 27 heavy (non-hydrogen) atoms. The molecule has 0 spiro atoms. The highest BCUT2D eigenvalue weighted by atomic mass is 16.2. The Labute approximate surface area is 158 Å². The van der Waals surface area contributed by atoms with E-state index in [4.69, 9.17) is 0 Å². The highest BCUT2D eigenvalue weighted by molar-refractivity contribution is 6.07. The number of imide groups is 1. The lowest BCUT2D eigenvalue weighted by molar-refractivity contribution is -0.131. The lowest BCUT2D eigenvalue weighted by Crippen LogP contribution is -2.44. The van der Waals surface area contributed by atoms with Crippen LogP contribution < -0.4 is 5.32 Å². The fraction of sp³-hybridized carbons (Fsp3) is 0.217. The molecule has 0 radical (unpaired) electrons. The summed E-state index contributed by atoms with van der Waals surface area (Å²) >= 11 is 0. The van der Waals surface area contributed by atoms with Crippen LogP contribution in [0.3, 0.4) is 0 Å². The normalized spacial score (nSPS) is 19.5. The average molecular weight is 358 g/mol. The van der Waals surface area contributed by atoms with Crippen molar-refractivity contribution in [3.8, 4) is 0 Å². The number of amides is 3. The Balaban J connectivity index is 1.54. The van der Waals surface area contributed by atoms with Crippen molar-refractivity contribution in [2.75, 3.05) is 0 Å². The number of hydrogen-bond acceptors (Lipinski definition) is 2. The van der Waals surface area contributed by atoms with Crippen molar-refractivity contribution in [1.29, 1.82) is 0 Å². The van der Waals surface area contributed by atoms with Gasteiger partial charge in [0.1, 0.15) is 5.54 Å². The van der Waals surface area contributed by atoms with Crippen molar-refractivity contribution >= 4 is 22.7 Å². The second-order valence-electron chi connectivity index (χ2n) is 7.28. The predicted molar refractivity (Wildman–Crippen MR) is 106 cm³/mol. The second-order valence-corrected chi connectivity index (χ2v) is 7.28. The van der Waals surface area contributed by atoms with Crippen LogP contribution >= 0.6 is 0 Å². The van der Waals surface area contributed by atoms with Gasteiger partial charge in [-0.05, 0) is 41.7 Å². The number of fused-ring (bicyclic) bond motifs is 1. The maximum Gasteiger partial charge on any atom is 0.325 e. The zero-order chi connectivity index (χ0) is 18.9. The molecule has 4 heteroatoms. The number of hydrogen-bond donors (Lipinski definition) is 1. The number of nitrogens with one attached hydrogen (secondary N) is 1. The van der Waals surface area contributed by atoms with E-state index in [9.17, 15) is 9.59 Å². The molecule has 3 amide bonds. The van der Waals surface area contributed by atoms with Crippen LogP contribution in [0.15, 0.2) is 72.8 Å². The molecule has 1 aliphatic rings. The molecule has 0 aliphatic carbocycles. The first-order chi connectivity index (χ1) is 13.1. The van der Waals surface area contributed by atoms with Gasteiger partial charge in [-0.2, -0.15) is 0 Å². The average Bonchev–Trinajstić information content (AvgIpc) is 2.91. The number of benzene rings is 3. The summed E-state index contributed by atoms with van der Waals surface area (Å²) in [5, 5.41) is 5.08. The molecule has 1 heterocycles. The maximum atomic E-state index is 13.0. The quantitative estimate of drug-likeness (QED) is 0.692. The van der Waals surface area contributed by atoms with E-state index >= 15 is 0 Å². The smallest absolute Gasteiger partial charge is 0.323 e. The van der Waals surface area contributed by atoms with E-state index in [0.29, 0.717) is 6.42 Å². The Bertz CT molecular complexity index is 994. The van der Waals surface area contributed by atoms with E-state index in [-0.39, 0.29) is 18.5 Å². The van der Waals surface area contributed by atoms with Crippen LogP contribution in [0.5, 0.6) is 0 Å². The number of aryl methyl sites for hydroxylation is 1. The Morgan fingerprint density at radius 3 is 2.41 bits per heavy atom. The zero-order valence-electron chi connectivity index (χ0n) is 15.3. The Kier molecular flexibility index (Phi) is 4.40. The highest BCUT2D eigenvalue weighted by Crippen LogP contribution is 2.27. The van der Waals surface area contributed by atoms with Crippen molar-refractivity contribution in [2.24, 2.45) is 0 Å². The van der Waals surface area contributed by atoms with Gasteiger partial charge < -0.3 is 5.32 Å². The van der Waals surface area contributed by atoms with Crippen molar-refractivity contribution in [3.63, 3.8) is 0 Å². The summed E-state index contributed by atoms with van der Waals surface area (Å²) in [5.74, 6) is -0.156. The van der Waals surface area contributed by atoms with E-state index in [0.717, 1.165) is 28.3 Å². The van der Waals surface area contributed by atoms with Gasteiger partial charge in [-0.25, -0.2) is 4.79 Å². The Hall–Kier alpha value is -3.14. The van der Waals surface area contributed by atoms with Crippen LogP contribution in [0.2, 0.25) is 0 Å². The van der Waals surface area contributed by atoms with Crippen LogP contribution in [-0.2, 0) is 17.8 Å². The largest absolute Gasteiger partial charge is 0.325 e. The zero-order valence-corrected chi connectivity index (χ0v) is 15.3. The summed E-state index contributed by atoms with van der Waals surface area (Å²) in [6, 6.07) is 23.7. The Morgan fingerprint density at radius 1 is 0.889 bits per heavy atom. The predicted octanol–water partition coefficient (Wildman–Crippen LogP) is 4.28. The summed E-state index contributed by atoms with van der Waals surface area (Å²) in [4.78, 5) is 26.9. The molecule has 1 N–H and O–H groups in total. The van der Waals surface area contributed by atoms with Crippen LogP contribution in [0.4, 0.5) is 4.79 Å². The van der Waals surface area contributed by atoms with Crippen LogP contribution in [0, 0.1) is 0 Å². The second kappa shape index (κ2) is 6.88. The van der Waals surface area contributed by atoms with E-state index in [1.165, 1.54) is 4.90 Å². The maximum absolute atomic E-state index is 13.0. The van der Waals surface area contributed by atoms with Crippen LogP contribution in [0.25, 0.3) is 10.8 Å². The lowest BCUT2D eigenvalue weighted by Gasteiger charge is -2.22. The molecule has 4 rings (SSSR count). The van der Waals surface area contributed by atoms with E-state index < -0.39 is 5.54 Å². The van der Waals surface area contributed by atoms with Gasteiger partial charge in [0.2, 0.25) is 0 Å². The number of carbonyl (C=O) groups excluding carboxylic acids is 2. The number of rotatable bonds is 5. The molecule has 0 saturated carbocycles.